The summed E-state index contributed by atoms with van der Waals surface area (Å²) in [7, 11) is -0.354. The van der Waals surface area contributed by atoms with E-state index in [0.29, 0.717) is 26.2 Å². The van der Waals surface area contributed by atoms with Crippen molar-refractivity contribution in [1.82, 2.24) is 4.90 Å². The Morgan fingerprint density at radius 1 is 1.00 bits per heavy atom. The monoisotopic (exact) mass is 332 g/mol. The Labute approximate surface area is 143 Å². The average molecular weight is 332 g/mol. The topological polar surface area (TPSA) is 62.2 Å². The summed E-state index contributed by atoms with van der Waals surface area (Å²) in [5, 5.41) is 9.02. The van der Waals surface area contributed by atoms with E-state index in [1.54, 1.807) is 0 Å². The molecule has 1 N–H and O–H groups in total. The number of nitrogens with zero attached hydrogens (tertiary/aromatic N) is 2. The van der Waals surface area contributed by atoms with E-state index < -0.39 is 6.09 Å². The van der Waals surface area contributed by atoms with Gasteiger partial charge in [0.15, 0.2) is 0 Å². The third kappa shape index (κ3) is 3.10. The Morgan fingerprint density at radius 3 is 1.96 bits per heavy atom. The van der Waals surface area contributed by atoms with Gasteiger partial charge in [0.05, 0.1) is 11.2 Å². The fourth-order valence-corrected chi connectivity index (χ4v) is 2.98. The van der Waals surface area contributed by atoms with Crippen molar-refractivity contribution in [3.63, 3.8) is 0 Å². The predicted molar refractivity (Wildman–Crippen MR) is 94.0 cm³/mol. The molecule has 2 aliphatic rings. The SMILES string of the molecule is CC1(C)OB(c2ccc(N3CCN(C(=O)O)CC3)cc2)OC1(C)C. The summed E-state index contributed by atoms with van der Waals surface area (Å²) in [5.74, 6) is 0. The van der Waals surface area contributed by atoms with Crippen LogP contribution < -0.4 is 10.4 Å². The van der Waals surface area contributed by atoms with Crippen LogP contribution in [0.2, 0.25) is 0 Å². The molecule has 1 aromatic rings. The molecule has 24 heavy (non-hydrogen) atoms. The molecule has 7 heteroatoms. The van der Waals surface area contributed by atoms with Crippen LogP contribution >= 0.6 is 0 Å². The molecule has 0 atom stereocenters. The lowest BCUT2D eigenvalue weighted by Crippen LogP contribution is -2.48. The normalized spacial score (nSPS) is 22.8. The van der Waals surface area contributed by atoms with Crippen molar-refractivity contribution in [2.24, 2.45) is 0 Å². The van der Waals surface area contributed by atoms with Gasteiger partial charge in [0.25, 0.3) is 0 Å². The molecule has 130 valence electrons. The molecule has 2 fully saturated rings. The van der Waals surface area contributed by atoms with Gasteiger partial charge in [-0.15, -0.1) is 0 Å². The van der Waals surface area contributed by atoms with E-state index in [2.05, 4.69) is 17.0 Å². The van der Waals surface area contributed by atoms with E-state index in [1.165, 1.54) is 4.90 Å². The number of hydrogen-bond donors (Lipinski definition) is 1. The zero-order chi connectivity index (χ0) is 17.5. The number of amides is 1. The molecule has 3 rings (SSSR count). The highest BCUT2D eigenvalue weighted by Crippen LogP contribution is 2.36. The van der Waals surface area contributed by atoms with Crippen molar-refractivity contribution < 1.29 is 19.2 Å². The van der Waals surface area contributed by atoms with Gasteiger partial charge >= 0.3 is 13.2 Å². The minimum Gasteiger partial charge on any atom is -0.465 e. The maximum absolute atomic E-state index is 11.0. The van der Waals surface area contributed by atoms with Crippen LogP contribution in [-0.2, 0) is 9.31 Å². The molecule has 2 saturated heterocycles. The molecule has 0 spiro atoms. The number of piperazine rings is 1. The fraction of sp³-hybridized carbons (Fsp3) is 0.588. The van der Waals surface area contributed by atoms with Gasteiger partial charge in [-0.2, -0.15) is 0 Å². The Kier molecular flexibility index (Phi) is 4.26. The highest BCUT2D eigenvalue weighted by Gasteiger charge is 2.51. The second kappa shape index (κ2) is 5.97. The van der Waals surface area contributed by atoms with Crippen LogP contribution in [0.4, 0.5) is 10.5 Å². The molecule has 1 amide bonds. The van der Waals surface area contributed by atoms with Crippen molar-refractivity contribution in [3.8, 4) is 0 Å². The number of carboxylic acid groups (broad SMARTS) is 1. The maximum Gasteiger partial charge on any atom is 0.494 e. The van der Waals surface area contributed by atoms with Gasteiger partial charge in [0, 0.05) is 31.9 Å². The van der Waals surface area contributed by atoms with Crippen molar-refractivity contribution in [2.75, 3.05) is 31.1 Å². The third-order valence-corrected chi connectivity index (χ3v) is 5.33. The fourth-order valence-electron chi connectivity index (χ4n) is 2.98. The standard InChI is InChI=1S/C17H25BN2O4/c1-16(2)17(3,4)24-18(23-16)13-5-7-14(8-6-13)19-9-11-20(12-10-19)15(21)22/h5-8H,9-12H2,1-4H3,(H,21,22). The van der Waals surface area contributed by atoms with Gasteiger partial charge in [-0.25, -0.2) is 4.79 Å². The molecule has 2 heterocycles. The van der Waals surface area contributed by atoms with Crippen LogP contribution in [0.15, 0.2) is 24.3 Å². The van der Waals surface area contributed by atoms with Gasteiger partial charge < -0.3 is 24.2 Å². The first-order chi connectivity index (χ1) is 11.2. The smallest absolute Gasteiger partial charge is 0.465 e. The number of rotatable bonds is 2. The molecular weight excluding hydrogens is 307 g/mol. The van der Waals surface area contributed by atoms with Gasteiger partial charge in [-0.3, -0.25) is 0 Å². The molecule has 0 radical (unpaired) electrons. The first kappa shape index (κ1) is 17.1. The lowest BCUT2D eigenvalue weighted by Gasteiger charge is -2.34. The third-order valence-electron chi connectivity index (χ3n) is 5.33. The lowest BCUT2D eigenvalue weighted by molar-refractivity contribution is 0.00578. The summed E-state index contributed by atoms with van der Waals surface area (Å²) in [6, 6.07) is 8.16. The van der Waals surface area contributed by atoms with Gasteiger partial charge in [-0.1, -0.05) is 12.1 Å². The quantitative estimate of drug-likeness (QED) is 0.837. The summed E-state index contributed by atoms with van der Waals surface area (Å²) < 4.78 is 12.1. The Hall–Kier alpha value is -1.73. The first-order valence-corrected chi connectivity index (χ1v) is 8.38. The molecule has 0 bridgehead atoms. The number of hydrogen-bond acceptors (Lipinski definition) is 4. The van der Waals surface area contributed by atoms with Crippen molar-refractivity contribution in [3.05, 3.63) is 24.3 Å². The largest absolute Gasteiger partial charge is 0.494 e. The molecule has 0 saturated carbocycles. The van der Waals surface area contributed by atoms with Crippen molar-refractivity contribution >= 4 is 24.4 Å². The second-order valence-electron chi connectivity index (χ2n) is 7.44. The second-order valence-corrected chi connectivity index (χ2v) is 7.44. The zero-order valence-corrected chi connectivity index (χ0v) is 14.8. The van der Waals surface area contributed by atoms with Gasteiger partial charge in [-0.05, 0) is 45.3 Å². The summed E-state index contributed by atoms with van der Waals surface area (Å²) in [6.45, 7) is 10.7. The van der Waals surface area contributed by atoms with E-state index in [9.17, 15) is 4.79 Å². The zero-order valence-electron chi connectivity index (χ0n) is 14.8. The minimum atomic E-state index is -0.842. The Morgan fingerprint density at radius 2 is 1.50 bits per heavy atom. The summed E-state index contributed by atoms with van der Waals surface area (Å²) in [5.41, 5.74) is 1.41. The van der Waals surface area contributed by atoms with Crippen LogP contribution in [0.5, 0.6) is 0 Å². The molecular formula is C17H25BN2O4. The Bertz CT molecular complexity index is 594. The molecule has 0 unspecified atom stereocenters. The van der Waals surface area contributed by atoms with Crippen molar-refractivity contribution in [2.45, 2.75) is 38.9 Å². The van der Waals surface area contributed by atoms with Crippen LogP contribution in [0.1, 0.15) is 27.7 Å². The molecule has 2 aliphatic heterocycles. The lowest BCUT2D eigenvalue weighted by atomic mass is 9.79. The maximum atomic E-state index is 11.0. The molecule has 1 aromatic carbocycles. The molecule has 0 aliphatic carbocycles. The average Bonchev–Trinajstić information content (AvgIpc) is 2.76. The van der Waals surface area contributed by atoms with E-state index in [4.69, 9.17) is 14.4 Å². The van der Waals surface area contributed by atoms with E-state index >= 15 is 0 Å². The number of benzene rings is 1. The number of carbonyl (C=O) groups is 1. The van der Waals surface area contributed by atoms with Crippen LogP contribution in [-0.4, -0.2) is 60.6 Å². The summed E-state index contributed by atoms with van der Waals surface area (Å²) in [6.07, 6.45) is -0.842. The van der Waals surface area contributed by atoms with Gasteiger partial charge in [0.2, 0.25) is 0 Å². The van der Waals surface area contributed by atoms with Crippen molar-refractivity contribution in [1.29, 1.82) is 0 Å². The van der Waals surface area contributed by atoms with Crippen LogP contribution in [0.3, 0.4) is 0 Å². The first-order valence-electron chi connectivity index (χ1n) is 8.38. The molecule has 0 aromatic heterocycles. The van der Waals surface area contributed by atoms with Crippen LogP contribution in [0, 0.1) is 0 Å². The van der Waals surface area contributed by atoms with Gasteiger partial charge in [0.1, 0.15) is 0 Å². The van der Waals surface area contributed by atoms with Crippen LogP contribution in [0.25, 0.3) is 0 Å². The van der Waals surface area contributed by atoms with E-state index in [1.807, 2.05) is 39.8 Å². The van der Waals surface area contributed by atoms with E-state index in [0.717, 1.165) is 11.2 Å². The predicted octanol–water partition coefficient (Wildman–Crippen LogP) is 1.79. The summed E-state index contributed by atoms with van der Waals surface area (Å²) in [4.78, 5) is 14.6. The number of anilines is 1. The molecule has 6 nitrogen and oxygen atoms in total. The van der Waals surface area contributed by atoms with E-state index in [-0.39, 0.29) is 18.3 Å². The summed E-state index contributed by atoms with van der Waals surface area (Å²) >= 11 is 0. The highest BCUT2D eigenvalue weighted by atomic mass is 16.7. The minimum absolute atomic E-state index is 0.344. The Balaban J connectivity index is 1.66. The highest BCUT2D eigenvalue weighted by molar-refractivity contribution is 6.62.